The van der Waals surface area contributed by atoms with Crippen molar-refractivity contribution in [1.82, 2.24) is 14.8 Å². The Bertz CT molecular complexity index is 793. The summed E-state index contributed by atoms with van der Waals surface area (Å²) in [6.07, 6.45) is 2.72. The van der Waals surface area contributed by atoms with E-state index < -0.39 is 0 Å². The molecule has 1 aromatic heterocycles. The average Bonchev–Trinajstić information content (AvgIpc) is 2.73. The van der Waals surface area contributed by atoms with E-state index in [4.69, 9.17) is 9.47 Å². The molecule has 1 aliphatic heterocycles. The van der Waals surface area contributed by atoms with Gasteiger partial charge in [-0.3, -0.25) is 14.7 Å². The first kappa shape index (κ1) is 20.6. The minimum atomic E-state index is 0.0125. The third-order valence-electron chi connectivity index (χ3n) is 4.70. The van der Waals surface area contributed by atoms with Crippen molar-refractivity contribution in [2.45, 2.75) is 19.9 Å². The number of benzene rings is 1. The number of piperazine rings is 1. The van der Waals surface area contributed by atoms with Gasteiger partial charge in [0.05, 0.1) is 23.9 Å². The van der Waals surface area contributed by atoms with E-state index in [9.17, 15) is 4.79 Å². The van der Waals surface area contributed by atoms with Crippen LogP contribution in [-0.4, -0.2) is 60.6 Å². The quantitative estimate of drug-likeness (QED) is 0.648. The average molecular weight is 448 g/mol. The Morgan fingerprint density at radius 3 is 2.64 bits per heavy atom. The highest BCUT2D eigenvalue weighted by Crippen LogP contribution is 2.37. The summed E-state index contributed by atoms with van der Waals surface area (Å²) in [4.78, 5) is 21.6. The van der Waals surface area contributed by atoms with Crippen LogP contribution < -0.4 is 9.47 Å². The summed E-state index contributed by atoms with van der Waals surface area (Å²) in [6, 6.07) is 9.53. The molecule has 0 bridgehead atoms. The molecule has 150 valence electrons. The van der Waals surface area contributed by atoms with E-state index in [2.05, 4.69) is 25.8 Å². The predicted molar refractivity (Wildman–Crippen MR) is 112 cm³/mol. The van der Waals surface area contributed by atoms with Crippen LogP contribution in [0.25, 0.3) is 0 Å². The molecule has 1 fully saturated rings. The summed E-state index contributed by atoms with van der Waals surface area (Å²) >= 11 is 3.52. The summed E-state index contributed by atoms with van der Waals surface area (Å²) in [5.74, 6) is 1.22. The zero-order valence-electron chi connectivity index (χ0n) is 16.4. The highest BCUT2D eigenvalue weighted by molar-refractivity contribution is 9.10. The van der Waals surface area contributed by atoms with Crippen LogP contribution in [0.5, 0.6) is 11.5 Å². The van der Waals surface area contributed by atoms with Crippen molar-refractivity contribution in [3.63, 3.8) is 0 Å². The zero-order valence-corrected chi connectivity index (χ0v) is 17.9. The Balaban J connectivity index is 1.64. The van der Waals surface area contributed by atoms with Gasteiger partial charge in [-0.15, -0.1) is 0 Å². The van der Waals surface area contributed by atoms with Crippen LogP contribution in [-0.2, 0) is 6.54 Å². The maximum Gasteiger partial charge on any atom is 0.254 e. The molecule has 1 saturated heterocycles. The lowest BCUT2D eigenvalue weighted by molar-refractivity contribution is 0.0626. The van der Waals surface area contributed by atoms with Gasteiger partial charge in [0, 0.05) is 44.5 Å². The maximum absolute atomic E-state index is 13.0. The van der Waals surface area contributed by atoms with Crippen molar-refractivity contribution in [3.05, 3.63) is 52.3 Å². The van der Waals surface area contributed by atoms with E-state index in [-0.39, 0.29) is 5.91 Å². The van der Waals surface area contributed by atoms with Gasteiger partial charge in [0.1, 0.15) is 0 Å². The second-order valence-electron chi connectivity index (χ2n) is 6.73. The van der Waals surface area contributed by atoms with Gasteiger partial charge in [-0.1, -0.05) is 13.0 Å². The fourth-order valence-corrected chi connectivity index (χ4v) is 3.76. The van der Waals surface area contributed by atoms with Crippen LogP contribution in [0.15, 0.2) is 41.0 Å². The number of halogens is 1. The SMILES string of the molecule is CCCOc1c(Br)cc(C(=O)N2CCN(Cc3ccccn3)CC2)cc1OC. The van der Waals surface area contributed by atoms with Crippen LogP contribution in [0.3, 0.4) is 0 Å². The molecule has 2 aromatic rings. The molecule has 0 saturated carbocycles. The largest absolute Gasteiger partial charge is 0.493 e. The number of hydrogen-bond acceptors (Lipinski definition) is 5. The Morgan fingerprint density at radius 1 is 1.21 bits per heavy atom. The molecule has 0 aliphatic carbocycles. The van der Waals surface area contributed by atoms with Crippen LogP contribution >= 0.6 is 15.9 Å². The monoisotopic (exact) mass is 447 g/mol. The number of aromatic nitrogens is 1. The molecule has 0 unspecified atom stereocenters. The number of carbonyl (C=O) groups is 1. The van der Waals surface area contributed by atoms with Gasteiger partial charge < -0.3 is 14.4 Å². The standard InChI is InChI=1S/C21H26BrN3O3/c1-3-12-28-20-18(22)13-16(14-19(20)27-2)21(26)25-10-8-24(9-11-25)15-17-6-4-5-7-23-17/h4-7,13-14H,3,8-12,15H2,1-2H3. The first-order chi connectivity index (χ1) is 13.6. The lowest BCUT2D eigenvalue weighted by atomic mass is 10.1. The summed E-state index contributed by atoms with van der Waals surface area (Å²) in [6.45, 7) is 6.51. The number of nitrogens with zero attached hydrogens (tertiary/aromatic N) is 3. The van der Waals surface area contributed by atoms with E-state index in [1.54, 1.807) is 13.2 Å². The van der Waals surface area contributed by atoms with E-state index in [0.29, 0.717) is 36.8 Å². The molecule has 0 N–H and O–H groups in total. The number of amides is 1. The molecule has 3 rings (SSSR count). The summed E-state index contributed by atoms with van der Waals surface area (Å²) in [7, 11) is 1.59. The number of rotatable bonds is 7. The smallest absolute Gasteiger partial charge is 0.254 e. The van der Waals surface area contributed by atoms with Crippen molar-refractivity contribution in [1.29, 1.82) is 0 Å². The molecule has 28 heavy (non-hydrogen) atoms. The highest BCUT2D eigenvalue weighted by Gasteiger charge is 2.24. The van der Waals surface area contributed by atoms with Crippen molar-refractivity contribution >= 4 is 21.8 Å². The first-order valence-corrected chi connectivity index (χ1v) is 10.3. The van der Waals surface area contributed by atoms with Crippen LogP contribution in [0.2, 0.25) is 0 Å². The van der Waals surface area contributed by atoms with E-state index in [1.165, 1.54) is 0 Å². The summed E-state index contributed by atoms with van der Waals surface area (Å²) < 4.78 is 11.9. The molecule has 1 aromatic carbocycles. The van der Waals surface area contributed by atoms with Gasteiger partial charge >= 0.3 is 0 Å². The number of pyridine rings is 1. The number of carbonyl (C=O) groups excluding carboxylic acids is 1. The molecular weight excluding hydrogens is 422 g/mol. The van der Waals surface area contributed by atoms with E-state index >= 15 is 0 Å². The highest BCUT2D eigenvalue weighted by atomic mass is 79.9. The van der Waals surface area contributed by atoms with Gasteiger partial charge in [0.2, 0.25) is 0 Å². The van der Waals surface area contributed by atoms with E-state index in [0.717, 1.165) is 36.2 Å². The second kappa shape index (κ2) is 9.89. The van der Waals surface area contributed by atoms with Gasteiger partial charge in [0.25, 0.3) is 5.91 Å². The molecule has 7 heteroatoms. The van der Waals surface area contributed by atoms with Crippen LogP contribution in [0.1, 0.15) is 29.4 Å². The van der Waals surface area contributed by atoms with Crippen LogP contribution in [0.4, 0.5) is 0 Å². The number of ether oxygens (including phenoxy) is 2. The zero-order chi connectivity index (χ0) is 19.9. The lowest BCUT2D eigenvalue weighted by Gasteiger charge is -2.34. The molecule has 1 aliphatic rings. The van der Waals surface area contributed by atoms with Crippen molar-refractivity contribution in [2.24, 2.45) is 0 Å². The summed E-state index contributed by atoms with van der Waals surface area (Å²) in [5, 5.41) is 0. The molecular formula is C21H26BrN3O3. The third-order valence-corrected chi connectivity index (χ3v) is 5.29. The minimum absolute atomic E-state index is 0.0125. The lowest BCUT2D eigenvalue weighted by Crippen LogP contribution is -2.48. The molecule has 0 radical (unpaired) electrons. The second-order valence-corrected chi connectivity index (χ2v) is 7.58. The third kappa shape index (κ3) is 5.02. The number of methoxy groups -OCH3 is 1. The van der Waals surface area contributed by atoms with Gasteiger partial charge in [0.15, 0.2) is 11.5 Å². The molecule has 0 spiro atoms. The Hall–Kier alpha value is -2.12. The van der Waals surface area contributed by atoms with Gasteiger partial charge in [-0.25, -0.2) is 0 Å². The predicted octanol–water partition coefficient (Wildman–Crippen LogP) is 3.60. The van der Waals surface area contributed by atoms with Crippen LogP contribution in [0, 0.1) is 0 Å². The normalized spacial score (nSPS) is 14.8. The van der Waals surface area contributed by atoms with Gasteiger partial charge in [-0.2, -0.15) is 0 Å². The summed E-state index contributed by atoms with van der Waals surface area (Å²) in [5.41, 5.74) is 1.66. The van der Waals surface area contributed by atoms with Crippen molar-refractivity contribution in [3.8, 4) is 11.5 Å². The fourth-order valence-electron chi connectivity index (χ4n) is 3.20. The molecule has 0 atom stereocenters. The Kier molecular flexibility index (Phi) is 7.28. The Labute approximate surface area is 174 Å². The van der Waals surface area contributed by atoms with Gasteiger partial charge in [-0.05, 0) is 46.6 Å². The van der Waals surface area contributed by atoms with Crippen molar-refractivity contribution < 1.29 is 14.3 Å². The molecule has 2 heterocycles. The number of hydrogen-bond donors (Lipinski definition) is 0. The Morgan fingerprint density at radius 2 is 2.00 bits per heavy atom. The molecule has 6 nitrogen and oxygen atoms in total. The van der Waals surface area contributed by atoms with Crippen molar-refractivity contribution in [2.75, 3.05) is 39.9 Å². The molecule has 1 amide bonds. The first-order valence-electron chi connectivity index (χ1n) is 9.54. The van der Waals surface area contributed by atoms with E-state index in [1.807, 2.05) is 42.3 Å². The maximum atomic E-state index is 13.0. The fraction of sp³-hybridized carbons (Fsp3) is 0.429. The topological polar surface area (TPSA) is 54.9 Å². The minimum Gasteiger partial charge on any atom is -0.493 e.